The van der Waals surface area contributed by atoms with E-state index in [0.717, 1.165) is 37.1 Å². The first-order valence-corrected chi connectivity index (χ1v) is 6.48. The number of carbonyl (C=O) groups is 1. The lowest BCUT2D eigenvalue weighted by atomic mass is 10.1. The molecule has 0 aliphatic carbocycles. The number of benzene rings is 1. The summed E-state index contributed by atoms with van der Waals surface area (Å²) in [5, 5.41) is 12.5. The van der Waals surface area contributed by atoms with Crippen molar-refractivity contribution in [3.05, 3.63) is 39.4 Å². The molecule has 1 N–H and O–H groups in total. The average molecular weight is 279 g/mol. The second-order valence-corrected chi connectivity index (χ2v) is 4.75. The average Bonchev–Trinajstić information content (AvgIpc) is 2.90. The first-order chi connectivity index (χ1) is 9.56. The standard InChI is InChI=1S/C13H17N3O4/c1-10-8-12(16(18)19)5-4-11(10)9-20-13(17)14-15-6-2-3-7-15/h4-5,8H,2-3,6-7,9H2,1H3,(H,14,17). The molecule has 7 nitrogen and oxygen atoms in total. The fourth-order valence-electron chi connectivity index (χ4n) is 2.09. The molecule has 7 heteroatoms. The Kier molecular flexibility index (Phi) is 4.52. The van der Waals surface area contributed by atoms with Gasteiger partial charge >= 0.3 is 6.09 Å². The molecule has 1 heterocycles. The molecule has 0 atom stereocenters. The Hall–Kier alpha value is -2.15. The molecule has 0 bridgehead atoms. The molecule has 1 amide bonds. The first-order valence-electron chi connectivity index (χ1n) is 6.48. The van der Waals surface area contributed by atoms with Crippen LogP contribution in [-0.2, 0) is 11.3 Å². The number of nitrogens with zero attached hydrogens (tertiary/aromatic N) is 2. The predicted octanol–water partition coefficient (Wildman–Crippen LogP) is 2.14. The Morgan fingerprint density at radius 2 is 2.15 bits per heavy atom. The van der Waals surface area contributed by atoms with Crippen LogP contribution < -0.4 is 5.43 Å². The molecule has 0 radical (unpaired) electrons. The monoisotopic (exact) mass is 279 g/mol. The number of hydrogen-bond acceptors (Lipinski definition) is 5. The van der Waals surface area contributed by atoms with Gasteiger partial charge in [0, 0.05) is 25.2 Å². The summed E-state index contributed by atoms with van der Waals surface area (Å²) in [6.45, 7) is 3.53. The Bertz CT molecular complexity index is 512. The molecule has 0 unspecified atom stereocenters. The Morgan fingerprint density at radius 1 is 1.45 bits per heavy atom. The zero-order valence-electron chi connectivity index (χ0n) is 11.3. The van der Waals surface area contributed by atoms with Crippen molar-refractivity contribution in [1.82, 2.24) is 10.4 Å². The highest BCUT2D eigenvalue weighted by Gasteiger charge is 2.15. The van der Waals surface area contributed by atoms with Gasteiger partial charge in [0.1, 0.15) is 6.61 Å². The van der Waals surface area contributed by atoms with Gasteiger partial charge in [-0.15, -0.1) is 0 Å². The number of hydrazine groups is 1. The zero-order chi connectivity index (χ0) is 14.5. The van der Waals surface area contributed by atoms with Gasteiger partial charge in [-0.1, -0.05) is 0 Å². The van der Waals surface area contributed by atoms with E-state index < -0.39 is 11.0 Å². The number of carbonyl (C=O) groups excluding carboxylic acids is 1. The molecular formula is C13H17N3O4. The number of nitro benzene ring substituents is 1. The molecule has 1 saturated heterocycles. The molecule has 0 saturated carbocycles. The quantitative estimate of drug-likeness (QED) is 0.674. The number of amides is 1. The predicted molar refractivity (Wildman–Crippen MR) is 72.0 cm³/mol. The lowest BCUT2D eigenvalue weighted by Crippen LogP contribution is -2.40. The summed E-state index contributed by atoms with van der Waals surface area (Å²) in [6.07, 6.45) is 1.65. The minimum Gasteiger partial charge on any atom is -0.444 e. The lowest BCUT2D eigenvalue weighted by Gasteiger charge is -2.16. The molecule has 20 heavy (non-hydrogen) atoms. The second-order valence-electron chi connectivity index (χ2n) is 4.75. The first kappa shape index (κ1) is 14.3. The van der Waals surface area contributed by atoms with E-state index in [-0.39, 0.29) is 12.3 Å². The van der Waals surface area contributed by atoms with Gasteiger partial charge in [-0.25, -0.2) is 9.80 Å². The van der Waals surface area contributed by atoms with Gasteiger partial charge in [0.2, 0.25) is 0 Å². The summed E-state index contributed by atoms with van der Waals surface area (Å²) in [7, 11) is 0. The normalized spacial score (nSPS) is 15.1. The van der Waals surface area contributed by atoms with E-state index in [0.29, 0.717) is 0 Å². The van der Waals surface area contributed by atoms with Crippen molar-refractivity contribution < 1.29 is 14.5 Å². The van der Waals surface area contributed by atoms with Crippen molar-refractivity contribution in [2.45, 2.75) is 26.4 Å². The molecule has 0 aromatic heterocycles. The van der Waals surface area contributed by atoms with Crippen LogP contribution in [0, 0.1) is 17.0 Å². The van der Waals surface area contributed by atoms with Crippen molar-refractivity contribution in [1.29, 1.82) is 0 Å². The maximum Gasteiger partial charge on any atom is 0.422 e. The molecule has 108 valence electrons. The molecule has 2 rings (SSSR count). The minimum absolute atomic E-state index is 0.0350. The van der Waals surface area contributed by atoms with Crippen LogP contribution in [0.2, 0.25) is 0 Å². The SMILES string of the molecule is Cc1cc([N+](=O)[O-])ccc1COC(=O)NN1CCCC1. The summed E-state index contributed by atoms with van der Waals surface area (Å²) in [5.41, 5.74) is 4.18. The fourth-order valence-corrected chi connectivity index (χ4v) is 2.09. The summed E-state index contributed by atoms with van der Waals surface area (Å²) >= 11 is 0. The Balaban J connectivity index is 1.86. The molecule has 1 aromatic carbocycles. The second kappa shape index (κ2) is 6.33. The van der Waals surface area contributed by atoms with Gasteiger partial charge < -0.3 is 4.74 Å². The summed E-state index contributed by atoms with van der Waals surface area (Å²) < 4.78 is 5.11. The highest BCUT2D eigenvalue weighted by atomic mass is 16.6. The van der Waals surface area contributed by atoms with E-state index in [4.69, 9.17) is 4.74 Å². The number of nitro groups is 1. The van der Waals surface area contributed by atoms with Gasteiger partial charge in [-0.05, 0) is 37.0 Å². The van der Waals surface area contributed by atoms with E-state index in [2.05, 4.69) is 5.43 Å². The molecule has 1 fully saturated rings. The van der Waals surface area contributed by atoms with Crippen LogP contribution >= 0.6 is 0 Å². The number of aryl methyl sites for hydroxylation is 1. The van der Waals surface area contributed by atoms with Crippen LogP contribution in [0.3, 0.4) is 0 Å². The third-order valence-corrected chi connectivity index (χ3v) is 3.25. The summed E-state index contributed by atoms with van der Waals surface area (Å²) in [5.74, 6) is 0. The lowest BCUT2D eigenvalue weighted by molar-refractivity contribution is -0.384. The van der Waals surface area contributed by atoms with Crippen LogP contribution in [-0.4, -0.2) is 29.1 Å². The molecule has 1 aliphatic heterocycles. The number of rotatable bonds is 4. The largest absolute Gasteiger partial charge is 0.444 e. The van der Waals surface area contributed by atoms with Crippen LogP contribution in [0.4, 0.5) is 10.5 Å². The molecular weight excluding hydrogens is 262 g/mol. The highest BCUT2D eigenvalue weighted by molar-refractivity contribution is 5.66. The van der Waals surface area contributed by atoms with Gasteiger partial charge in [-0.3, -0.25) is 15.5 Å². The molecule has 1 aromatic rings. The van der Waals surface area contributed by atoms with Crippen LogP contribution in [0.5, 0.6) is 0 Å². The van der Waals surface area contributed by atoms with E-state index in [9.17, 15) is 14.9 Å². The summed E-state index contributed by atoms with van der Waals surface area (Å²) in [4.78, 5) is 21.8. The van der Waals surface area contributed by atoms with Crippen LogP contribution in [0.15, 0.2) is 18.2 Å². The van der Waals surface area contributed by atoms with Gasteiger partial charge in [0.05, 0.1) is 4.92 Å². The van der Waals surface area contributed by atoms with Gasteiger partial charge in [0.15, 0.2) is 0 Å². The van der Waals surface area contributed by atoms with E-state index in [1.807, 2.05) is 5.01 Å². The maximum absolute atomic E-state index is 11.6. The topological polar surface area (TPSA) is 84.7 Å². The highest BCUT2D eigenvalue weighted by Crippen LogP contribution is 2.17. The van der Waals surface area contributed by atoms with E-state index in [1.54, 1.807) is 13.0 Å². The van der Waals surface area contributed by atoms with Crippen molar-refractivity contribution in [2.75, 3.05) is 13.1 Å². The third kappa shape index (κ3) is 3.67. The smallest absolute Gasteiger partial charge is 0.422 e. The van der Waals surface area contributed by atoms with Crippen molar-refractivity contribution in [3.63, 3.8) is 0 Å². The summed E-state index contributed by atoms with van der Waals surface area (Å²) in [6, 6.07) is 4.48. The minimum atomic E-state index is -0.496. The Labute approximate surface area is 116 Å². The van der Waals surface area contributed by atoms with Gasteiger partial charge in [-0.2, -0.15) is 0 Å². The number of nitrogens with one attached hydrogen (secondary N) is 1. The number of ether oxygens (including phenoxy) is 1. The third-order valence-electron chi connectivity index (χ3n) is 3.25. The molecule has 0 spiro atoms. The van der Waals surface area contributed by atoms with Crippen molar-refractivity contribution >= 4 is 11.8 Å². The van der Waals surface area contributed by atoms with E-state index >= 15 is 0 Å². The zero-order valence-corrected chi connectivity index (χ0v) is 11.3. The van der Waals surface area contributed by atoms with Gasteiger partial charge in [0.25, 0.3) is 5.69 Å². The van der Waals surface area contributed by atoms with Crippen molar-refractivity contribution in [3.8, 4) is 0 Å². The van der Waals surface area contributed by atoms with E-state index in [1.165, 1.54) is 12.1 Å². The van der Waals surface area contributed by atoms with Crippen molar-refractivity contribution in [2.24, 2.45) is 0 Å². The van der Waals surface area contributed by atoms with Crippen LogP contribution in [0.1, 0.15) is 24.0 Å². The van der Waals surface area contributed by atoms with Crippen LogP contribution in [0.25, 0.3) is 0 Å². The maximum atomic E-state index is 11.6. The Morgan fingerprint density at radius 3 is 2.75 bits per heavy atom. The number of hydrogen-bond donors (Lipinski definition) is 1. The fraction of sp³-hybridized carbons (Fsp3) is 0.462. The molecule has 1 aliphatic rings. The number of non-ortho nitro benzene ring substituents is 1.